The van der Waals surface area contributed by atoms with Crippen molar-refractivity contribution in [3.63, 3.8) is 0 Å². The Bertz CT molecular complexity index is 203. The zero-order valence-electron chi connectivity index (χ0n) is 11.7. The minimum Gasteiger partial charge on any atom is -0.136 e. The highest BCUT2D eigenvalue weighted by Crippen LogP contribution is 2.10. The van der Waals surface area contributed by atoms with E-state index in [9.17, 15) is 0 Å². The molecular weight excluding hydrogens is 244 g/mol. The number of alkyl halides is 1. The highest BCUT2D eigenvalue weighted by Gasteiger charge is 1.92. The molecule has 0 bridgehead atoms. The first kappa shape index (κ1) is 17.1. The summed E-state index contributed by atoms with van der Waals surface area (Å²) in [6, 6.07) is 0. The van der Waals surface area contributed by atoms with Crippen LogP contribution in [-0.4, -0.2) is 14.7 Å². The van der Waals surface area contributed by atoms with E-state index in [2.05, 4.69) is 24.6 Å². The van der Waals surface area contributed by atoms with E-state index in [0.29, 0.717) is 0 Å². The van der Waals surface area contributed by atoms with E-state index >= 15 is 0 Å². The fraction of sp³-hybridized carbons (Fsp3) is 0.867. The standard InChI is InChI=1S/C15H29ClSi/c1-17(2)15-13-11-9-7-5-3-4-6-8-10-12-14-16/h17H,3-12,14H2,1-2H3. The number of hydrogen-bond acceptors (Lipinski definition) is 0. The maximum absolute atomic E-state index is 5.64. The number of hydrogen-bond donors (Lipinski definition) is 0. The van der Waals surface area contributed by atoms with Gasteiger partial charge in [-0.3, -0.25) is 0 Å². The van der Waals surface area contributed by atoms with Crippen molar-refractivity contribution in [2.75, 3.05) is 5.88 Å². The molecule has 100 valence electrons. The van der Waals surface area contributed by atoms with Gasteiger partial charge in [0, 0.05) is 12.3 Å². The average molecular weight is 273 g/mol. The Morgan fingerprint density at radius 2 is 1.24 bits per heavy atom. The summed E-state index contributed by atoms with van der Waals surface area (Å²) in [7, 11) is -0.625. The first-order valence-electron chi connectivity index (χ1n) is 7.31. The molecule has 2 heteroatoms. The highest BCUT2D eigenvalue weighted by molar-refractivity contribution is 6.64. The van der Waals surface area contributed by atoms with Crippen LogP contribution in [0, 0.1) is 11.5 Å². The first-order valence-corrected chi connectivity index (χ1v) is 10.7. The molecular formula is C15H29ClSi. The third kappa shape index (κ3) is 16.1. The van der Waals surface area contributed by atoms with E-state index in [1.54, 1.807) is 0 Å². The van der Waals surface area contributed by atoms with E-state index < -0.39 is 8.80 Å². The minimum absolute atomic E-state index is 0.625. The molecule has 17 heavy (non-hydrogen) atoms. The van der Waals surface area contributed by atoms with Gasteiger partial charge in [0.05, 0.1) is 0 Å². The van der Waals surface area contributed by atoms with Gasteiger partial charge in [0.15, 0.2) is 0 Å². The Morgan fingerprint density at radius 1 is 0.765 bits per heavy atom. The Hall–Kier alpha value is 0.0669. The Kier molecular flexibility index (Phi) is 14.2. The third-order valence-corrected chi connectivity index (χ3v) is 3.87. The van der Waals surface area contributed by atoms with E-state index in [0.717, 1.165) is 12.3 Å². The van der Waals surface area contributed by atoms with Crippen molar-refractivity contribution in [3.8, 4) is 11.5 Å². The van der Waals surface area contributed by atoms with Crippen molar-refractivity contribution in [3.05, 3.63) is 0 Å². The van der Waals surface area contributed by atoms with Crippen LogP contribution in [0.1, 0.15) is 64.2 Å². The lowest BCUT2D eigenvalue weighted by atomic mass is 10.1. The number of halogens is 1. The molecule has 0 aromatic carbocycles. The first-order chi connectivity index (χ1) is 8.27. The molecule has 0 aromatic rings. The maximum atomic E-state index is 5.64. The Morgan fingerprint density at radius 3 is 1.71 bits per heavy atom. The molecule has 0 fully saturated rings. The summed E-state index contributed by atoms with van der Waals surface area (Å²) >= 11 is 5.64. The summed E-state index contributed by atoms with van der Waals surface area (Å²) in [6.07, 6.45) is 13.3. The van der Waals surface area contributed by atoms with E-state index in [1.807, 2.05) is 0 Å². The molecule has 0 unspecified atom stereocenters. The van der Waals surface area contributed by atoms with E-state index in [4.69, 9.17) is 11.6 Å². The Balaban J connectivity index is 3.02. The molecule has 0 radical (unpaired) electrons. The SMILES string of the molecule is C[SiH](C)C#CCCCCCCCCCCCCl. The van der Waals surface area contributed by atoms with Gasteiger partial charge in [0.25, 0.3) is 0 Å². The van der Waals surface area contributed by atoms with Crippen LogP contribution in [0.4, 0.5) is 0 Å². The quantitative estimate of drug-likeness (QED) is 0.223. The summed E-state index contributed by atoms with van der Waals surface area (Å²) in [4.78, 5) is 0. The van der Waals surface area contributed by atoms with Crippen LogP contribution in [0.5, 0.6) is 0 Å². The molecule has 0 nitrogen and oxygen atoms in total. The second-order valence-electron chi connectivity index (χ2n) is 5.10. The molecule has 0 N–H and O–H groups in total. The van der Waals surface area contributed by atoms with Crippen LogP contribution in [-0.2, 0) is 0 Å². The Labute approximate surface area is 115 Å². The van der Waals surface area contributed by atoms with Crippen molar-refractivity contribution in [1.82, 2.24) is 0 Å². The fourth-order valence-corrected chi connectivity index (χ4v) is 2.56. The molecule has 0 rings (SSSR count). The predicted molar refractivity (Wildman–Crippen MR) is 83.5 cm³/mol. The van der Waals surface area contributed by atoms with Crippen LogP contribution in [0.3, 0.4) is 0 Å². The summed E-state index contributed by atoms with van der Waals surface area (Å²) in [5, 5.41) is 0. The van der Waals surface area contributed by atoms with Crippen LogP contribution in [0.2, 0.25) is 13.1 Å². The third-order valence-electron chi connectivity index (χ3n) is 2.83. The molecule has 0 saturated heterocycles. The molecule has 0 spiro atoms. The van der Waals surface area contributed by atoms with Gasteiger partial charge < -0.3 is 0 Å². The smallest absolute Gasteiger partial charge is 0.116 e. The minimum atomic E-state index is -0.625. The van der Waals surface area contributed by atoms with Crippen molar-refractivity contribution >= 4 is 20.4 Å². The molecule has 0 aromatic heterocycles. The van der Waals surface area contributed by atoms with Crippen molar-refractivity contribution in [1.29, 1.82) is 0 Å². The molecule has 0 aliphatic rings. The lowest BCUT2D eigenvalue weighted by Crippen LogP contribution is -1.92. The van der Waals surface area contributed by atoms with Gasteiger partial charge in [0.2, 0.25) is 0 Å². The second-order valence-corrected chi connectivity index (χ2v) is 8.07. The molecule has 0 amide bonds. The largest absolute Gasteiger partial charge is 0.136 e. The van der Waals surface area contributed by atoms with Gasteiger partial charge in [-0.1, -0.05) is 58.0 Å². The summed E-state index contributed by atoms with van der Waals surface area (Å²) in [5.74, 6) is 4.14. The zero-order chi connectivity index (χ0) is 12.8. The van der Waals surface area contributed by atoms with Crippen LogP contribution in [0.25, 0.3) is 0 Å². The maximum Gasteiger partial charge on any atom is 0.116 e. The molecule has 0 heterocycles. The molecule has 0 atom stereocenters. The van der Waals surface area contributed by atoms with Crippen LogP contribution in [0.15, 0.2) is 0 Å². The van der Waals surface area contributed by atoms with Gasteiger partial charge in [0.1, 0.15) is 8.80 Å². The zero-order valence-corrected chi connectivity index (χ0v) is 13.6. The molecule has 0 aliphatic heterocycles. The van der Waals surface area contributed by atoms with Crippen molar-refractivity contribution in [2.24, 2.45) is 0 Å². The number of unbranched alkanes of at least 4 members (excludes halogenated alkanes) is 9. The fourth-order valence-electron chi connectivity index (χ4n) is 1.82. The molecule has 0 aliphatic carbocycles. The van der Waals surface area contributed by atoms with E-state index in [1.165, 1.54) is 57.8 Å². The van der Waals surface area contributed by atoms with Crippen LogP contribution >= 0.6 is 11.6 Å². The summed E-state index contributed by atoms with van der Waals surface area (Å²) in [5.41, 5.74) is 3.35. The van der Waals surface area contributed by atoms with Gasteiger partial charge in [-0.2, -0.15) is 0 Å². The van der Waals surface area contributed by atoms with Crippen molar-refractivity contribution < 1.29 is 0 Å². The monoisotopic (exact) mass is 272 g/mol. The summed E-state index contributed by atoms with van der Waals surface area (Å²) in [6.45, 7) is 4.58. The van der Waals surface area contributed by atoms with Gasteiger partial charge in [-0.05, 0) is 12.8 Å². The van der Waals surface area contributed by atoms with Crippen molar-refractivity contribution in [2.45, 2.75) is 77.3 Å². The lowest BCUT2D eigenvalue weighted by Gasteiger charge is -2.00. The normalized spacial score (nSPS) is 10.4. The van der Waals surface area contributed by atoms with Gasteiger partial charge in [-0.15, -0.1) is 23.1 Å². The topological polar surface area (TPSA) is 0 Å². The number of rotatable bonds is 10. The lowest BCUT2D eigenvalue weighted by molar-refractivity contribution is 0.568. The average Bonchev–Trinajstić information content (AvgIpc) is 2.30. The highest BCUT2D eigenvalue weighted by atomic mass is 35.5. The second kappa shape index (κ2) is 14.1. The molecule has 0 saturated carbocycles. The van der Waals surface area contributed by atoms with E-state index in [-0.39, 0.29) is 0 Å². The summed E-state index contributed by atoms with van der Waals surface area (Å²) < 4.78 is 0. The van der Waals surface area contributed by atoms with Crippen LogP contribution < -0.4 is 0 Å². The van der Waals surface area contributed by atoms with Gasteiger partial charge in [-0.25, -0.2) is 0 Å². The van der Waals surface area contributed by atoms with Gasteiger partial charge >= 0.3 is 0 Å². The predicted octanol–water partition coefficient (Wildman–Crippen LogP) is 5.16.